The quantitative estimate of drug-likeness (QED) is 0.266. The highest BCUT2D eigenvalue weighted by Crippen LogP contribution is 2.28. The summed E-state index contributed by atoms with van der Waals surface area (Å²) in [5, 5.41) is 19.4. The van der Waals surface area contributed by atoms with E-state index in [1.54, 1.807) is 11.3 Å². The number of β-amino-alcohol motifs (C(OH)–C–C–N with tert-alkyl or cyclic N) is 1. The van der Waals surface area contributed by atoms with E-state index in [9.17, 15) is 19.5 Å². The summed E-state index contributed by atoms with van der Waals surface area (Å²) in [5.74, 6) is -1.17. The largest absolute Gasteiger partial charge is 0.391 e. The van der Waals surface area contributed by atoms with Crippen LogP contribution in [0.5, 0.6) is 0 Å². The number of aromatic nitrogens is 1. The van der Waals surface area contributed by atoms with E-state index in [1.807, 2.05) is 57.5 Å². The Balaban J connectivity index is 1.29. The second kappa shape index (κ2) is 15.2. The number of nitrogens with zero attached hydrogens (tertiary/aromatic N) is 2. The van der Waals surface area contributed by atoms with Crippen LogP contribution < -0.4 is 16.0 Å². The molecule has 2 fully saturated rings. The Labute approximate surface area is 257 Å². The maximum atomic E-state index is 13.7. The number of hydrogen-bond donors (Lipinski definition) is 4. The van der Waals surface area contributed by atoms with Crippen LogP contribution in [0.2, 0.25) is 0 Å². The Morgan fingerprint density at radius 3 is 2.53 bits per heavy atom. The molecule has 43 heavy (non-hydrogen) atoms. The Hall–Kier alpha value is -2.90. The van der Waals surface area contributed by atoms with Crippen LogP contribution in [0.1, 0.15) is 51.3 Å². The molecule has 11 nitrogen and oxygen atoms in total. The lowest BCUT2D eigenvalue weighted by Gasteiger charge is -2.35. The van der Waals surface area contributed by atoms with Crippen LogP contribution in [0.25, 0.3) is 10.4 Å². The average molecular weight is 616 g/mol. The molecule has 4 rings (SSSR count). The molecule has 236 valence electrons. The van der Waals surface area contributed by atoms with Gasteiger partial charge in [0.15, 0.2) is 0 Å². The molecule has 12 heteroatoms. The van der Waals surface area contributed by atoms with Gasteiger partial charge in [-0.3, -0.25) is 14.4 Å². The highest BCUT2D eigenvalue weighted by molar-refractivity contribution is 7.13. The van der Waals surface area contributed by atoms with Gasteiger partial charge in [-0.15, -0.1) is 11.3 Å². The molecular weight excluding hydrogens is 570 g/mol. The standard InChI is InChI=1S/C31H45N5O6S/c1-20-27(43-19-34-20)22-7-5-21(6-8-22)16-33-29(39)25-15-23(37)17-36(25)30(40)28(31(2,3)4)35-26(38)18-41-13-14-42-24-9-11-32-12-10-24/h5-8,19,23-25,28,32,37H,9-18H2,1-4H3,(H,33,39)(H,35,38)/t23-,25+,28-/m1/s1. The molecule has 0 bridgehead atoms. The zero-order valence-corrected chi connectivity index (χ0v) is 26.4. The first-order chi connectivity index (χ1) is 20.5. The molecule has 0 unspecified atom stereocenters. The molecule has 0 aliphatic carbocycles. The number of carbonyl (C=O) groups is 3. The number of ether oxygens (including phenoxy) is 2. The molecule has 2 aromatic rings. The molecule has 0 saturated carbocycles. The zero-order valence-electron chi connectivity index (χ0n) is 25.6. The summed E-state index contributed by atoms with van der Waals surface area (Å²) in [6, 6.07) is 6.16. The van der Waals surface area contributed by atoms with Gasteiger partial charge in [-0.05, 0) is 49.4 Å². The molecular formula is C31H45N5O6S. The van der Waals surface area contributed by atoms with E-state index in [1.165, 1.54) is 4.90 Å². The van der Waals surface area contributed by atoms with Gasteiger partial charge in [0.25, 0.3) is 0 Å². The van der Waals surface area contributed by atoms with Gasteiger partial charge in [0.2, 0.25) is 17.7 Å². The van der Waals surface area contributed by atoms with Crippen LogP contribution in [0, 0.1) is 12.3 Å². The van der Waals surface area contributed by atoms with E-state index in [2.05, 4.69) is 20.9 Å². The average Bonchev–Trinajstić information content (AvgIpc) is 3.59. The molecule has 2 saturated heterocycles. The molecule has 0 spiro atoms. The number of aliphatic hydroxyl groups excluding tert-OH is 1. The summed E-state index contributed by atoms with van der Waals surface area (Å²) in [6.45, 7) is 10.2. The number of amides is 3. The summed E-state index contributed by atoms with van der Waals surface area (Å²) >= 11 is 1.58. The van der Waals surface area contributed by atoms with Crippen molar-refractivity contribution < 1.29 is 29.0 Å². The third-order valence-corrected chi connectivity index (χ3v) is 8.79. The number of carbonyl (C=O) groups excluding carboxylic acids is 3. The number of rotatable bonds is 12. The zero-order chi connectivity index (χ0) is 31.0. The van der Waals surface area contributed by atoms with Crippen molar-refractivity contribution in [1.29, 1.82) is 0 Å². The van der Waals surface area contributed by atoms with E-state index in [0.717, 1.165) is 47.6 Å². The molecule has 2 aliphatic heterocycles. The van der Waals surface area contributed by atoms with Crippen molar-refractivity contribution in [2.45, 2.75) is 77.8 Å². The first-order valence-corrected chi connectivity index (χ1v) is 15.9. The lowest BCUT2D eigenvalue weighted by molar-refractivity contribution is -0.144. The van der Waals surface area contributed by atoms with Crippen LogP contribution in [0.4, 0.5) is 0 Å². The van der Waals surface area contributed by atoms with E-state index in [0.29, 0.717) is 6.61 Å². The summed E-state index contributed by atoms with van der Waals surface area (Å²) in [4.78, 5) is 46.5. The van der Waals surface area contributed by atoms with E-state index in [4.69, 9.17) is 9.47 Å². The fourth-order valence-electron chi connectivity index (χ4n) is 5.38. The minimum Gasteiger partial charge on any atom is -0.391 e. The highest BCUT2D eigenvalue weighted by atomic mass is 32.1. The molecule has 1 aromatic carbocycles. The highest BCUT2D eigenvalue weighted by Gasteiger charge is 2.44. The number of likely N-dealkylation sites (tertiary alicyclic amines) is 1. The molecule has 3 amide bonds. The van der Waals surface area contributed by atoms with E-state index in [-0.39, 0.29) is 44.7 Å². The van der Waals surface area contributed by atoms with E-state index < -0.39 is 35.4 Å². The first-order valence-electron chi connectivity index (χ1n) is 15.0. The minimum absolute atomic E-state index is 0.0206. The van der Waals surface area contributed by atoms with Crippen LogP contribution in [-0.4, -0.2) is 96.5 Å². The van der Waals surface area contributed by atoms with E-state index >= 15 is 0 Å². The number of nitrogens with one attached hydrogen (secondary N) is 3. The predicted molar refractivity (Wildman–Crippen MR) is 164 cm³/mol. The number of aliphatic hydroxyl groups is 1. The fourth-order valence-corrected chi connectivity index (χ4v) is 6.20. The van der Waals surface area contributed by atoms with Crippen LogP contribution in [-0.2, 0) is 30.4 Å². The molecule has 1 aromatic heterocycles. The minimum atomic E-state index is -0.905. The maximum absolute atomic E-state index is 13.7. The van der Waals surface area contributed by atoms with Gasteiger partial charge in [0, 0.05) is 19.5 Å². The lowest BCUT2D eigenvalue weighted by Crippen LogP contribution is -2.58. The van der Waals surface area contributed by atoms with Crippen molar-refractivity contribution in [3.8, 4) is 10.4 Å². The second-order valence-corrected chi connectivity index (χ2v) is 13.2. The Morgan fingerprint density at radius 2 is 1.88 bits per heavy atom. The van der Waals surface area contributed by atoms with Gasteiger partial charge in [-0.1, -0.05) is 45.0 Å². The lowest BCUT2D eigenvalue weighted by atomic mass is 9.85. The molecule has 2 aliphatic rings. The van der Waals surface area contributed by atoms with Crippen molar-refractivity contribution in [3.63, 3.8) is 0 Å². The van der Waals surface area contributed by atoms with Gasteiger partial charge in [0.1, 0.15) is 18.7 Å². The van der Waals surface area contributed by atoms with Crippen LogP contribution in [0.15, 0.2) is 29.8 Å². The molecule has 0 radical (unpaired) electrons. The third kappa shape index (κ3) is 9.29. The van der Waals surface area contributed by atoms with Crippen molar-refractivity contribution in [1.82, 2.24) is 25.8 Å². The van der Waals surface area contributed by atoms with Crippen LogP contribution in [0.3, 0.4) is 0 Å². The summed E-state index contributed by atoms with van der Waals surface area (Å²) in [6.07, 6.45) is 1.43. The number of benzene rings is 1. The van der Waals surface area contributed by atoms with Gasteiger partial charge in [-0.2, -0.15) is 0 Å². The Kier molecular flexibility index (Phi) is 11.7. The Bertz CT molecular complexity index is 1220. The number of aryl methyl sites for hydroxylation is 1. The number of piperidine rings is 1. The molecule has 3 heterocycles. The van der Waals surface area contributed by atoms with Crippen molar-refractivity contribution in [2.75, 3.05) is 39.5 Å². The van der Waals surface area contributed by atoms with Crippen LogP contribution >= 0.6 is 11.3 Å². The second-order valence-electron chi connectivity index (χ2n) is 12.3. The van der Waals surface area contributed by atoms with Crippen molar-refractivity contribution >= 4 is 29.1 Å². The van der Waals surface area contributed by atoms with Gasteiger partial charge >= 0.3 is 0 Å². The third-order valence-electron chi connectivity index (χ3n) is 7.81. The summed E-state index contributed by atoms with van der Waals surface area (Å²) in [5.41, 5.74) is 4.13. The van der Waals surface area contributed by atoms with Crippen molar-refractivity contribution in [3.05, 3.63) is 41.0 Å². The topological polar surface area (TPSA) is 142 Å². The maximum Gasteiger partial charge on any atom is 0.246 e. The summed E-state index contributed by atoms with van der Waals surface area (Å²) < 4.78 is 11.3. The summed E-state index contributed by atoms with van der Waals surface area (Å²) in [7, 11) is 0. The van der Waals surface area contributed by atoms with Crippen molar-refractivity contribution in [2.24, 2.45) is 5.41 Å². The molecule has 4 N–H and O–H groups in total. The first kappa shape index (κ1) is 33.0. The fraction of sp³-hybridized carbons (Fsp3) is 0.613. The number of hydrogen-bond acceptors (Lipinski definition) is 9. The number of thiazole rings is 1. The SMILES string of the molecule is Cc1ncsc1-c1ccc(CNC(=O)[C@@H]2C[C@@H](O)CN2C(=O)[C@@H](NC(=O)COCCOC2CCNCC2)C(C)(C)C)cc1. The smallest absolute Gasteiger partial charge is 0.246 e. The normalized spacial score (nSPS) is 20.2. The monoisotopic (exact) mass is 615 g/mol. The predicted octanol–water partition coefficient (Wildman–Crippen LogP) is 2.01. The van der Waals surface area contributed by atoms with Gasteiger partial charge in [0.05, 0.1) is 41.5 Å². The molecule has 3 atom stereocenters. The van der Waals surface area contributed by atoms with Gasteiger partial charge in [-0.25, -0.2) is 4.98 Å². The van der Waals surface area contributed by atoms with Gasteiger partial charge < -0.3 is 35.4 Å². The Morgan fingerprint density at radius 1 is 1.16 bits per heavy atom.